The highest BCUT2D eigenvalue weighted by atomic mass is 16.5. The third-order valence-electron chi connectivity index (χ3n) is 3.02. The van der Waals surface area contributed by atoms with E-state index < -0.39 is 6.10 Å². The molecule has 0 aliphatic rings. The molecular weight excluding hydrogens is 224 g/mol. The molecule has 2 heteroatoms. The van der Waals surface area contributed by atoms with Gasteiger partial charge in [0.25, 0.3) is 0 Å². The Morgan fingerprint density at radius 2 is 1.78 bits per heavy atom. The molecule has 0 saturated heterocycles. The van der Waals surface area contributed by atoms with Crippen LogP contribution in [0.2, 0.25) is 0 Å². The summed E-state index contributed by atoms with van der Waals surface area (Å²) >= 11 is 0. The minimum Gasteiger partial charge on any atom is -0.388 e. The second-order valence-corrected chi connectivity index (χ2v) is 4.79. The van der Waals surface area contributed by atoms with Crippen LogP contribution in [0.5, 0.6) is 0 Å². The van der Waals surface area contributed by atoms with Crippen LogP contribution in [0, 0.1) is 0 Å². The highest BCUT2D eigenvalue weighted by Gasteiger charge is 2.10. The van der Waals surface area contributed by atoms with E-state index in [-0.39, 0.29) is 6.10 Å². The molecule has 0 bridgehead atoms. The Hall–Kier alpha value is -1.38. The standard InChI is InChI=1S/C16H20O2/c1-12(2)18-11-10-16(17)15-9-5-7-13-6-3-4-8-14(13)15/h3-9,12,16-17H,10-11H2,1-2H3. The Labute approximate surface area is 108 Å². The fourth-order valence-corrected chi connectivity index (χ4v) is 2.11. The van der Waals surface area contributed by atoms with Crippen molar-refractivity contribution in [3.63, 3.8) is 0 Å². The van der Waals surface area contributed by atoms with Crippen LogP contribution in [0.1, 0.15) is 31.9 Å². The molecule has 2 nitrogen and oxygen atoms in total. The van der Waals surface area contributed by atoms with Gasteiger partial charge in [-0.1, -0.05) is 42.5 Å². The van der Waals surface area contributed by atoms with Gasteiger partial charge in [0, 0.05) is 13.0 Å². The van der Waals surface area contributed by atoms with E-state index in [9.17, 15) is 5.11 Å². The van der Waals surface area contributed by atoms with Crippen molar-refractivity contribution in [3.05, 3.63) is 48.0 Å². The molecule has 0 heterocycles. The normalized spacial score (nSPS) is 13.1. The number of ether oxygens (including phenoxy) is 1. The number of benzene rings is 2. The Morgan fingerprint density at radius 1 is 1.06 bits per heavy atom. The van der Waals surface area contributed by atoms with Gasteiger partial charge in [-0.05, 0) is 30.2 Å². The first-order valence-corrected chi connectivity index (χ1v) is 6.46. The fourth-order valence-electron chi connectivity index (χ4n) is 2.11. The third kappa shape index (κ3) is 3.09. The van der Waals surface area contributed by atoms with Crippen LogP contribution in [-0.2, 0) is 4.74 Å². The van der Waals surface area contributed by atoms with Crippen molar-refractivity contribution >= 4 is 10.8 Å². The van der Waals surface area contributed by atoms with Crippen molar-refractivity contribution < 1.29 is 9.84 Å². The zero-order valence-electron chi connectivity index (χ0n) is 11.0. The maximum atomic E-state index is 10.3. The van der Waals surface area contributed by atoms with Gasteiger partial charge in [-0.15, -0.1) is 0 Å². The molecule has 1 N–H and O–H groups in total. The van der Waals surface area contributed by atoms with Crippen molar-refractivity contribution in [2.75, 3.05) is 6.61 Å². The largest absolute Gasteiger partial charge is 0.388 e. The highest BCUT2D eigenvalue weighted by Crippen LogP contribution is 2.26. The van der Waals surface area contributed by atoms with E-state index in [1.54, 1.807) is 0 Å². The summed E-state index contributed by atoms with van der Waals surface area (Å²) in [5.41, 5.74) is 0.987. The van der Waals surface area contributed by atoms with Gasteiger partial charge in [0.15, 0.2) is 0 Å². The van der Waals surface area contributed by atoms with E-state index >= 15 is 0 Å². The molecule has 0 fully saturated rings. The molecule has 18 heavy (non-hydrogen) atoms. The summed E-state index contributed by atoms with van der Waals surface area (Å²) < 4.78 is 5.49. The molecule has 1 atom stereocenters. The minimum atomic E-state index is -0.463. The van der Waals surface area contributed by atoms with Crippen LogP contribution in [0.3, 0.4) is 0 Å². The summed E-state index contributed by atoms with van der Waals surface area (Å²) in [4.78, 5) is 0. The Morgan fingerprint density at radius 3 is 2.56 bits per heavy atom. The maximum Gasteiger partial charge on any atom is 0.0818 e. The first-order valence-electron chi connectivity index (χ1n) is 6.46. The van der Waals surface area contributed by atoms with Crippen molar-refractivity contribution in [3.8, 4) is 0 Å². The van der Waals surface area contributed by atoms with Gasteiger partial charge in [-0.3, -0.25) is 0 Å². The van der Waals surface area contributed by atoms with E-state index in [0.29, 0.717) is 13.0 Å². The van der Waals surface area contributed by atoms with Gasteiger partial charge in [0.05, 0.1) is 12.2 Å². The monoisotopic (exact) mass is 244 g/mol. The predicted molar refractivity (Wildman–Crippen MR) is 74.6 cm³/mol. The average Bonchev–Trinajstić information content (AvgIpc) is 2.37. The fraction of sp³-hybridized carbons (Fsp3) is 0.375. The first kappa shape index (κ1) is 13.1. The van der Waals surface area contributed by atoms with Gasteiger partial charge in [-0.2, -0.15) is 0 Å². The molecule has 1 unspecified atom stereocenters. The zero-order valence-corrected chi connectivity index (χ0v) is 11.0. The van der Waals surface area contributed by atoms with Crippen molar-refractivity contribution in [1.29, 1.82) is 0 Å². The van der Waals surface area contributed by atoms with E-state index in [0.717, 1.165) is 10.9 Å². The summed E-state index contributed by atoms with van der Waals surface area (Å²) in [6, 6.07) is 14.2. The number of hydrogen-bond acceptors (Lipinski definition) is 2. The molecule has 2 aromatic carbocycles. The molecule has 0 aliphatic heterocycles. The average molecular weight is 244 g/mol. The van der Waals surface area contributed by atoms with Gasteiger partial charge in [0.2, 0.25) is 0 Å². The minimum absolute atomic E-state index is 0.213. The van der Waals surface area contributed by atoms with Crippen LogP contribution in [0.15, 0.2) is 42.5 Å². The second kappa shape index (κ2) is 5.98. The lowest BCUT2D eigenvalue weighted by molar-refractivity contribution is 0.0469. The first-order chi connectivity index (χ1) is 8.68. The number of fused-ring (bicyclic) bond motifs is 1. The van der Waals surface area contributed by atoms with Gasteiger partial charge >= 0.3 is 0 Å². The van der Waals surface area contributed by atoms with Crippen LogP contribution in [0.25, 0.3) is 10.8 Å². The van der Waals surface area contributed by atoms with E-state index in [2.05, 4.69) is 18.2 Å². The second-order valence-electron chi connectivity index (χ2n) is 4.79. The Balaban J connectivity index is 2.15. The molecule has 2 rings (SSSR count). The molecule has 0 spiro atoms. The lowest BCUT2D eigenvalue weighted by atomic mass is 9.99. The van der Waals surface area contributed by atoms with Crippen molar-refractivity contribution in [1.82, 2.24) is 0 Å². The Bertz CT molecular complexity index is 500. The molecule has 0 aliphatic carbocycles. The predicted octanol–water partition coefficient (Wildman–Crippen LogP) is 3.69. The SMILES string of the molecule is CC(C)OCCC(O)c1cccc2ccccc12. The summed E-state index contributed by atoms with van der Waals surface area (Å²) in [6.45, 7) is 4.59. The molecule has 0 aromatic heterocycles. The van der Waals surface area contributed by atoms with Crippen molar-refractivity contribution in [2.24, 2.45) is 0 Å². The van der Waals surface area contributed by atoms with Crippen LogP contribution in [-0.4, -0.2) is 17.8 Å². The van der Waals surface area contributed by atoms with Crippen molar-refractivity contribution in [2.45, 2.75) is 32.5 Å². The smallest absolute Gasteiger partial charge is 0.0818 e. The van der Waals surface area contributed by atoms with Crippen LogP contribution >= 0.6 is 0 Å². The Kier molecular flexibility index (Phi) is 4.34. The molecule has 0 radical (unpaired) electrons. The van der Waals surface area contributed by atoms with E-state index in [1.807, 2.05) is 38.1 Å². The molecule has 0 amide bonds. The summed E-state index contributed by atoms with van der Waals surface area (Å²) in [5.74, 6) is 0. The lowest BCUT2D eigenvalue weighted by Crippen LogP contribution is -2.08. The summed E-state index contributed by atoms with van der Waals surface area (Å²) in [7, 11) is 0. The quantitative estimate of drug-likeness (QED) is 0.869. The highest BCUT2D eigenvalue weighted by molar-refractivity contribution is 5.85. The lowest BCUT2D eigenvalue weighted by Gasteiger charge is -2.15. The molecular formula is C16H20O2. The topological polar surface area (TPSA) is 29.5 Å². The van der Waals surface area contributed by atoms with Crippen LogP contribution in [0.4, 0.5) is 0 Å². The number of rotatable bonds is 5. The molecule has 2 aromatic rings. The number of hydrogen-bond donors (Lipinski definition) is 1. The molecule has 0 saturated carbocycles. The van der Waals surface area contributed by atoms with Gasteiger partial charge in [-0.25, -0.2) is 0 Å². The number of aliphatic hydroxyl groups is 1. The third-order valence-corrected chi connectivity index (χ3v) is 3.02. The van der Waals surface area contributed by atoms with E-state index in [1.165, 1.54) is 5.39 Å². The maximum absolute atomic E-state index is 10.3. The van der Waals surface area contributed by atoms with Gasteiger partial charge < -0.3 is 9.84 Å². The van der Waals surface area contributed by atoms with Gasteiger partial charge in [0.1, 0.15) is 0 Å². The summed E-state index contributed by atoms with van der Waals surface area (Å²) in [6.07, 6.45) is 0.381. The summed E-state index contributed by atoms with van der Waals surface area (Å²) in [5, 5.41) is 12.5. The molecule has 96 valence electrons. The van der Waals surface area contributed by atoms with Crippen LogP contribution < -0.4 is 0 Å². The van der Waals surface area contributed by atoms with E-state index in [4.69, 9.17) is 4.74 Å². The number of aliphatic hydroxyl groups excluding tert-OH is 1. The zero-order chi connectivity index (χ0) is 13.0.